The van der Waals surface area contributed by atoms with E-state index in [1.165, 1.54) is 6.07 Å². The van der Waals surface area contributed by atoms with Crippen molar-refractivity contribution in [1.82, 2.24) is 0 Å². The molecule has 6 heteroatoms. The first kappa shape index (κ1) is 15.2. The van der Waals surface area contributed by atoms with Crippen LogP contribution in [0.15, 0.2) is 43.7 Å². The number of hydrogen-bond acceptors (Lipinski definition) is 1. The van der Waals surface area contributed by atoms with Crippen molar-refractivity contribution in [1.29, 1.82) is 0 Å². The maximum Gasteiger partial charge on any atom is 0.196 e. The second-order valence-corrected chi connectivity index (χ2v) is 6.77. The van der Waals surface area contributed by atoms with E-state index in [-0.39, 0.29) is 10.6 Å². The smallest absolute Gasteiger partial charge is 0.196 e. The highest BCUT2D eigenvalue weighted by Crippen LogP contribution is 2.29. The molecule has 0 bridgehead atoms. The van der Waals surface area contributed by atoms with Gasteiger partial charge in [0.2, 0.25) is 0 Å². The summed E-state index contributed by atoms with van der Waals surface area (Å²) in [6.45, 7) is 0. The van der Waals surface area contributed by atoms with Gasteiger partial charge in [-0.15, -0.1) is 0 Å². The SMILES string of the molecule is O=C(c1cc(Br)cc(Br)c1)c1ccc(Br)c(Cl)c1F. The number of halogens is 5. The number of rotatable bonds is 2. The third kappa shape index (κ3) is 3.27. The van der Waals surface area contributed by atoms with Gasteiger partial charge in [-0.1, -0.05) is 43.5 Å². The molecule has 0 amide bonds. The molecule has 1 nitrogen and oxygen atoms in total. The fourth-order valence-electron chi connectivity index (χ4n) is 1.54. The average Bonchev–Trinajstić information content (AvgIpc) is 2.34. The lowest BCUT2D eigenvalue weighted by molar-refractivity contribution is 0.103. The minimum atomic E-state index is -0.725. The van der Waals surface area contributed by atoms with E-state index >= 15 is 0 Å². The molecule has 19 heavy (non-hydrogen) atoms. The van der Waals surface area contributed by atoms with Gasteiger partial charge >= 0.3 is 0 Å². The zero-order valence-electron chi connectivity index (χ0n) is 9.18. The molecule has 0 spiro atoms. The lowest BCUT2D eigenvalue weighted by Crippen LogP contribution is -2.05. The monoisotopic (exact) mass is 468 g/mol. The van der Waals surface area contributed by atoms with Crippen LogP contribution in [0.5, 0.6) is 0 Å². The molecule has 0 saturated heterocycles. The van der Waals surface area contributed by atoms with Crippen molar-refractivity contribution >= 4 is 65.2 Å². The first-order valence-corrected chi connectivity index (χ1v) is 7.80. The van der Waals surface area contributed by atoms with Crippen LogP contribution in [0.1, 0.15) is 15.9 Å². The second kappa shape index (κ2) is 6.04. The molecule has 0 aliphatic heterocycles. The van der Waals surface area contributed by atoms with Crippen LogP contribution < -0.4 is 0 Å². The van der Waals surface area contributed by atoms with E-state index in [1.807, 2.05) is 0 Å². The molecule has 0 saturated carbocycles. The highest BCUT2D eigenvalue weighted by atomic mass is 79.9. The Balaban J connectivity index is 2.53. The minimum Gasteiger partial charge on any atom is -0.288 e. The quantitative estimate of drug-likeness (QED) is 0.388. The van der Waals surface area contributed by atoms with E-state index in [0.717, 1.165) is 8.95 Å². The Hall–Kier alpha value is -0.230. The zero-order chi connectivity index (χ0) is 14.2. The third-order valence-electron chi connectivity index (χ3n) is 2.40. The van der Waals surface area contributed by atoms with Gasteiger partial charge in [-0.25, -0.2) is 4.39 Å². The van der Waals surface area contributed by atoms with Gasteiger partial charge in [0.05, 0.1) is 10.6 Å². The van der Waals surface area contributed by atoms with Gasteiger partial charge in [-0.2, -0.15) is 0 Å². The molecular formula is C13H5Br3ClFO. The molecule has 0 unspecified atom stereocenters. The predicted molar refractivity (Wildman–Crippen MR) is 84.4 cm³/mol. The van der Waals surface area contributed by atoms with E-state index in [0.29, 0.717) is 10.0 Å². The lowest BCUT2D eigenvalue weighted by Gasteiger charge is -2.06. The number of benzene rings is 2. The Morgan fingerprint density at radius 3 is 2.21 bits per heavy atom. The molecule has 0 radical (unpaired) electrons. The van der Waals surface area contributed by atoms with Gasteiger partial charge < -0.3 is 0 Å². The van der Waals surface area contributed by atoms with Gasteiger partial charge in [0, 0.05) is 19.0 Å². The highest BCUT2D eigenvalue weighted by Gasteiger charge is 2.18. The molecule has 98 valence electrons. The van der Waals surface area contributed by atoms with Crippen molar-refractivity contribution in [3.63, 3.8) is 0 Å². The van der Waals surface area contributed by atoms with Crippen molar-refractivity contribution in [2.24, 2.45) is 0 Å². The Morgan fingerprint density at radius 1 is 1.05 bits per heavy atom. The minimum absolute atomic E-state index is 0.0572. The van der Waals surface area contributed by atoms with Gasteiger partial charge in [0.1, 0.15) is 0 Å². The van der Waals surface area contributed by atoms with E-state index < -0.39 is 11.6 Å². The van der Waals surface area contributed by atoms with Crippen molar-refractivity contribution in [2.45, 2.75) is 0 Å². The van der Waals surface area contributed by atoms with Crippen molar-refractivity contribution in [3.05, 3.63) is 65.7 Å². The van der Waals surface area contributed by atoms with Gasteiger partial charge in [-0.05, 0) is 46.3 Å². The van der Waals surface area contributed by atoms with E-state index in [2.05, 4.69) is 47.8 Å². The van der Waals surface area contributed by atoms with Gasteiger partial charge in [-0.3, -0.25) is 4.79 Å². The predicted octanol–water partition coefficient (Wildman–Crippen LogP) is 6.00. The molecule has 0 atom stereocenters. The molecule has 0 fully saturated rings. The largest absolute Gasteiger partial charge is 0.288 e. The lowest BCUT2D eigenvalue weighted by atomic mass is 10.0. The molecule has 2 rings (SSSR count). The second-order valence-electron chi connectivity index (χ2n) is 3.71. The molecule has 0 heterocycles. The standard InChI is InChI=1S/C13H5Br3ClFO/c14-7-3-6(4-8(15)5-7)13(19)9-1-2-10(16)11(17)12(9)18/h1-5H. The normalized spacial score (nSPS) is 10.6. The first-order chi connectivity index (χ1) is 8.90. The number of hydrogen-bond donors (Lipinski definition) is 0. The van der Waals surface area contributed by atoms with Crippen LogP contribution in [0, 0.1) is 5.82 Å². The summed E-state index contributed by atoms with van der Waals surface area (Å²) in [7, 11) is 0. The van der Waals surface area contributed by atoms with E-state index in [1.54, 1.807) is 24.3 Å². The summed E-state index contributed by atoms with van der Waals surface area (Å²) in [5.74, 6) is -1.15. The topological polar surface area (TPSA) is 17.1 Å². The Labute approximate surface area is 139 Å². The van der Waals surface area contributed by atoms with E-state index in [4.69, 9.17) is 11.6 Å². The summed E-state index contributed by atoms with van der Waals surface area (Å²) in [6.07, 6.45) is 0. The van der Waals surface area contributed by atoms with Crippen molar-refractivity contribution in [3.8, 4) is 0 Å². The maximum absolute atomic E-state index is 14.0. The zero-order valence-corrected chi connectivity index (χ0v) is 14.7. The summed E-state index contributed by atoms with van der Waals surface area (Å²) in [6, 6.07) is 8.00. The molecule has 0 N–H and O–H groups in total. The third-order valence-corrected chi connectivity index (χ3v) is 4.58. The first-order valence-electron chi connectivity index (χ1n) is 5.04. The van der Waals surface area contributed by atoms with Crippen LogP contribution >= 0.6 is 59.4 Å². The number of carbonyl (C=O) groups excluding carboxylic acids is 1. The van der Waals surface area contributed by atoms with Crippen LogP contribution in [0.3, 0.4) is 0 Å². The van der Waals surface area contributed by atoms with Crippen LogP contribution in [0.4, 0.5) is 4.39 Å². The summed E-state index contributed by atoms with van der Waals surface area (Å²) in [5, 5.41) is -0.0973. The van der Waals surface area contributed by atoms with Crippen molar-refractivity contribution < 1.29 is 9.18 Å². The molecule has 0 aliphatic rings. The molecule has 0 aliphatic carbocycles. The Morgan fingerprint density at radius 2 is 1.63 bits per heavy atom. The van der Waals surface area contributed by atoms with Crippen LogP contribution in [-0.4, -0.2) is 5.78 Å². The maximum atomic E-state index is 14.0. The number of ketones is 1. The summed E-state index contributed by atoms with van der Waals surface area (Å²) in [5.41, 5.74) is 0.316. The summed E-state index contributed by atoms with van der Waals surface area (Å²) >= 11 is 15.5. The summed E-state index contributed by atoms with van der Waals surface area (Å²) < 4.78 is 15.9. The average molecular weight is 471 g/mol. The van der Waals surface area contributed by atoms with Crippen LogP contribution in [0.2, 0.25) is 5.02 Å². The van der Waals surface area contributed by atoms with Crippen LogP contribution in [-0.2, 0) is 0 Å². The molecular weight excluding hydrogens is 466 g/mol. The molecule has 2 aromatic carbocycles. The molecule has 2 aromatic rings. The highest BCUT2D eigenvalue weighted by molar-refractivity contribution is 9.11. The number of carbonyl (C=O) groups is 1. The van der Waals surface area contributed by atoms with Gasteiger partial charge in [0.25, 0.3) is 0 Å². The fourth-order valence-corrected chi connectivity index (χ4v) is 3.31. The Bertz CT molecular complexity index is 653. The Kier molecular flexibility index (Phi) is 4.82. The van der Waals surface area contributed by atoms with Crippen molar-refractivity contribution in [2.75, 3.05) is 0 Å². The summed E-state index contributed by atoms with van der Waals surface area (Å²) in [4.78, 5) is 12.3. The van der Waals surface area contributed by atoms with Gasteiger partial charge in [0.15, 0.2) is 11.6 Å². The van der Waals surface area contributed by atoms with Crippen LogP contribution in [0.25, 0.3) is 0 Å². The fraction of sp³-hybridized carbons (Fsp3) is 0. The molecule has 0 aromatic heterocycles. The van der Waals surface area contributed by atoms with E-state index in [9.17, 15) is 9.18 Å².